The molecule has 0 unspecified atom stereocenters. The molecule has 3 heteroatoms. The number of aliphatic hydroxyl groups is 1. The van der Waals surface area contributed by atoms with Crippen LogP contribution in [0, 0.1) is 0 Å². The van der Waals surface area contributed by atoms with Crippen molar-refractivity contribution in [2.75, 3.05) is 6.54 Å². The zero-order chi connectivity index (χ0) is 16.3. The van der Waals surface area contributed by atoms with Crippen LogP contribution >= 0.6 is 0 Å². The molecule has 0 bridgehead atoms. The molecule has 1 saturated heterocycles. The van der Waals surface area contributed by atoms with E-state index in [0.29, 0.717) is 6.54 Å². The summed E-state index contributed by atoms with van der Waals surface area (Å²) < 4.78 is 0. The third kappa shape index (κ3) is 2.68. The number of hydrogen-bond acceptors (Lipinski definition) is 2. The van der Waals surface area contributed by atoms with Crippen molar-refractivity contribution < 1.29 is 9.90 Å². The lowest BCUT2D eigenvalue weighted by Gasteiger charge is -2.39. The summed E-state index contributed by atoms with van der Waals surface area (Å²) in [5.74, 6) is -0.127. The Morgan fingerprint density at radius 1 is 1.09 bits per heavy atom. The van der Waals surface area contributed by atoms with E-state index in [1.807, 2.05) is 60.7 Å². The van der Waals surface area contributed by atoms with Crippen LogP contribution in [0.15, 0.2) is 73.3 Å². The first-order valence-electron chi connectivity index (χ1n) is 7.94. The number of carbonyl (C=O) groups excluding carboxylic acids is 1. The first-order valence-corrected chi connectivity index (χ1v) is 7.94. The van der Waals surface area contributed by atoms with Gasteiger partial charge in [-0.25, -0.2) is 0 Å². The molecule has 1 atom stereocenters. The predicted molar refractivity (Wildman–Crippen MR) is 90.8 cm³/mol. The van der Waals surface area contributed by atoms with Gasteiger partial charge in [-0.2, -0.15) is 0 Å². The Balaban J connectivity index is 2.13. The topological polar surface area (TPSA) is 40.5 Å². The molecule has 1 amide bonds. The molecule has 0 aromatic heterocycles. The zero-order valence-corrected chi connectivity index (χ0v) is 13.1. The molecule has 3 rings (SSSR count). The van der Waals surface area contributed by atoms with Gasteiger partial charge >= 0.3 is 0 Å². The summed E-state index contributed by atoms with van der Waals surface area (Å²) in [6.07, 6.45) is 2.97. The van der Waals surface area contributed by atoms with Crippen molar-refractivity contribution in [2.24, 2.45) is 0 Å². The predicted octanol–water partition coefficient (Wildman–Crippen LogP) is 3.10. The molecule has 1 aliphatic heterocycles. The van der Waals surface area contributed by atoms with Crippen LogP contribution in [0.3, 0.4) is 0 Å². The van der Waals surface area contributed by atoms with Gasteiger partial charge in [-0.1, -0.05) is 67.2 Å². The fraction of sp³-hybridized carbons (Fsp3) is 0.250. The number of nitrogens with zero attached hydrogens (tertiary/aromatic N) is 1. The number of amides is 1. The third-order valence-electron chi connectivity index (χ3n) is 4.62. The molecule has 3 nitrogen and oxygen atoms in total. The second kappa shape index (κ2) is 6.39. The molecule has 0 aliphatic carbocycles. The number of carbonyl (C=O) groups is 1. The van der Waals surface area contributed by atoms with Crippen molar-refractivity contribution in [3.05, 3.63) is 84.4 Å². The van der Waals surface area contributed by atoms with E-state index >= 15 is 0 Å². The maximum Gasteiger partial charge on any atom is 0.246 e. The Morgan fingerprint density at radius 2 is 1.61 bits per heavy atom. The van der Waals surface area contributed by atoms with Crippen LogP contribution in [-0.4, -0.2) is 28.5 Å². The zero-order valence-electron chi connectivity index (χ0n) is 13.1. The van der Waals surface area contributed by atoms with Gasteiger partial charge in [-0.3, -0.25) is 4.79 Å². The average molecular weight is 307 g/mol. The molecular formula is C20H21NO2. The number of hydrogen-bond donors (Lipinski definition) is 1. The minimum absolute atomic E-state index is 0.127. The molecule has 1 heterocycles. The lowest BCUT2D eigenvalue weighted by molar-refractivity contribution is -0.131. The average Bonchev–Trinajstić information content (AvgIpc) is 3.12. The van der Waals surface area contributed by atoms with Gasteiger partial charge in [-0.15, -0.1) is 0 Å². The molecular weight excluding hydrogens is 286 g/mol. The van der Waals surface area contributed by atoms with Crippen molar-refractivity contribution in [3.63, 3.8) is 0 Å². The highest BCUT2D eigenvalue weighted by Gasteiger charge is 2.46. The van der Waals surface area contributed by atoms with Gasteiger partial charge in [-0.05, 0) is 30.0 Å². The first kappa shape index (κ1) is 15.5. The van der Waals surface area contributed by atoms with Crippen molar-refractivity contribution in [2.45, 2.75) is 24.5 Å². The van der Waals surface area contributed by atoms with Gasteiger partial charge in [0, 0.05) is 6.54 Å². The van der Waals surface area contributed by atoms with E-state index in [1.165, 1.54) is 6.08 Å². The summed E-state index contributed by atoms with van der Waals surface area (Å²) >= 11 is 0. The highest BCUT2D eigenvalue weighted by atomic mass is 16.3. The van der Waals surface area contributed by atoms with Gasteiger partial charge in [0.1, 0.15) is 5.60 Å². The van der Waals surface area contributed by atoms with Crippen LogP contribution in [0.2, 0.25) is 0 Å². The Morgan fingerprint density at radius 3 is 2.09 bits per heavy atom. The minimum atomic E-state index is -1.22. The Kier molecular flexibility index (Phi) is 4.30. The largest absolute Gasteiger partial charge is 0.378 e. The molecule has 2 aromatic rings. The highest BCUT2D eigenvalue weighted by molar-refractivity contribution is 5.87. The molecule has 0 spiro atoms. The van der Waals surface area contributed by atoms with Gasteiger partial charge in [0.15, 0.2) is 0 Å². The number of rotatable bonds is 4. The Hall–Kier alpha value is -2.39. The van der Waals surface area contributed by atoms with E-state index in [-0.39, 0.29) is 11.9 Å². The highest BCUT2D eigenvalue weighted by Crippen LogP contribution is 2.40. The van der Waals surface area contributed by atoms with Crippen LogP contribution in [0.5, 0.6) is 0 Å². The van der Waals surface area contributed by atoms with Crippen LogP contribution in [-0.2, 0) is 10.4 Å². The quantitative estimate of drug-likeness (QED) is 0.882. The van der Waals surface area contributed by atoms with Crippen molar-refractivity contribution in [3.8, 4) is 0 Å². The number of benzene rings is 2. The third-order valence-corrected chi connectivity index (χ3v) is 4.62. The molecule has 1 fully saturated rings. The maximum atomic E-state index is 12.2. The summed E-state index contributed by atoms with van der Waals surface area (Å²) in [5, 5.41) is 11.7. The van der Waals surface area contributed by atoms with E-state index in [9.17, 15) is 9.90 Å². The van der Waals surface area contributed by atoms with E-state index in [1.54, 1.807) is 4.90 Å². The van der Waals surface area contributed by atoms with E-state index in [0.717, 1.165) is 24.0 Å². The van der Waals surface area contributed by atoms with Crippen molar-refractivity contribution in [1.29, 1.82) is 0 Å². The van der Waals surface area contributed by atoms with Gasteiger partial charge in [0.05, 0.1) is 6.04 Å². The summed E-state index contributed by atoms with van der Waals surface area (Å²) in [6.45, 7) is 4.24. The Labute approximate surface area is 136 Å². The molecule has 2 aromatic carbocycles. The molecule has 0 saturated carbocycles. The number of likely N-dealkylation sites (tertiary alicyclic amines) is 1. The second-order valence-electron chi connectivity index (χ2n) is 5.89. The SMILES string of the molecule is C=CC(=O)N1CCC[C@@H]1C(O)(c1ccccc1)c1ccccc1. The summed E-state index contributed by atoms with van der Waals surface area (Å²) in [7, 11) is 0. The van der Waals surface area contributed by atoms with Crippen molar-refractivity contribution in [1.82, 2.24) is 4.90 Å². The lowest BCUT2D eigenvalue weighted by Crippen LogP contribution is -2.50. The summed E-state index contributed by atoms with van der Waals surface area (Å²) in [4.78, 5) is 14.0. The first-order chi connectivity index (χ1) is 11.2. The standard InChI is InChI=1S/C20H21NO2/c1-2-19(22)21-15-9-14-18(21)20(23,16-10-5-3-6-11-16)17-12-7-4-8-13-17/h2-8,10-13,18,23H,1,9,14-15H2/t18-/m1/s1. The summed E-state index contributed by atoms with van der Waals surface area (Å²) in [6, 6.07) is 18.9. The molecule has 118 valence electrons. The van der Waals surface area contributed by atoms with Gasteiger partial charge in [0.25, 0.3) is 0 Å². The fourth-order valence-corrected chi connectivity index (χ4v) is 3.52. The van der Waals surface area contributed by atoms with Crippen LogP contribution < -0.4 is 0 Å². The van der Waals surface area contributed by atoms with Crippen LogP contribution in [0.4, 0.5) is 0 Å². The van der Waals surface area contributed by atoms with E-state index in [4.69, 9.17) is 0 Å². The molecule has 23 heavy (non-hydrogen) atoms. The fourth-order valence-electron chi connectivity index (χ4n) is 3.52. The van der Waals surface area contributed by atoms with E-state index in [2.05, 4.69) is 6.58 Å². The maximum absolute atomic E-state index is 12.2. The lowest BCUT2D eigenvalue weighted by atomic mass is 9.79. The van der Waals surface area contributed by atoms with Gasteiger partial charge < -0.3 is 10.0 Å². The minimum Gasteiger partial charge on any atom is -0.378 e. The van der Waals surface area contributed by atoms with Gasteiger partial charge in [0.2, 0.25) is 5.91 Å². The molecule has 1 N–H and O–H groups in total. The Bertz CT molecular complexity index is 642. The summed E-state index contributed by atoms with van der Waals surface area (Å²) in [5.41, 5.74) is 0.387. The van der Waals surface area contributed by atoms with Crippen LogP contribution in [0.25, 0.3) is 0 Å². The monoisotopic (exact) mass is 307 g/mol. The smallest absolute Gasteiger partial charge is 0.246 e. The van der Waals surface area contributed by atoms with Crippen molar-refractivity contribution >= 4 is 5.91 Å². The molecule has 1 aliphatic rings. The normalized spacial score (nSPS) is 18.0. The van der Waals surface area contributed by atoms with E-state index < -0.39 is 5.60 Å². The second-order valence-corrected chi connectivity index (χ2v) is 5.89. The molecule has 0 radical (unpaired) electrons. The van der Waals surface area contributed by atoms with Crippen LogP contribution in [0.1, 0.15) is 24.0 Å².